The smallest absolute Gasteiger partial charge is 0.252 e. The molecule has 0 atom stereocenters. The highest BCUT2D eigenvalue weighted by atomic mass is 16.1. The molecule has 0 saturated carbocycles. The zero-order valence-electron chi connectivity index (χ0n) is 10.4. The summed E-state index contributed by atoms with van der Waals surface area (Å²) in [6.45, 7) is 6.11. The lowest BCUT2D eigenvalue weighted by Crippen LogP contribution is -2.36. The van der Waals surface area contributed by atoms with Gasteiger partial charge in [-0.2, -0.15) is 0 Å². The standard InChI is InChI=1S/C12H20N4O/c1-8(2)10-7-11(17)16-12(15-10)14-9-3-5-13-6-4-9/h7-9,13H,3-6H2,1-2H3,(H2,14,15,16,17). The molecule has 17 heavy (non-hydrogen) atoms. The van der Waals surface area contributed by atoms with Gasteiger partial charge >= 0.3 is 0 Å². The van der Waals surface area contributed by atoms with Gasteiger partial charge in [0, 0.05) is 12.1 Å². The second-order valence-corrected chi connectivity index (χ2v) is 4.84. The Bertz CT molecular complexity index is 421. The van der Waals surface area contributed by atoms with Crippen LogP contribution >= 0.6 is 0 Å². The number of hydrogen-bond donors (Lipinski definition) is 3. The van der Waals surface area contributed by atoms with Crippen molar-refractivity contribution in [3.05, 3.63) is 22.1 Å². The van der Waals surface area contributed by atoms with Gasteiger partial charge < -0.3 is 10.6 Å². The maximum atomic E-state index is 11.5. The van der Waals surface area contributed by atoms with Crippen LogP contribution in [0.1, 0.15) is 38.3 Å². The lowest BCUT2D eigenvalue weighted by molar-refractivity contribution is 0.477. The SMILES string of the molecule is CC(C)c1cc(=O)[nH]c(NC2CCNCC2)n1. The number of aromatic nitrogens is 2. The molecule has 0 aliphatic carbocycles. The Morgan fingerprint density at radius 1 is 1.41 bits per heavy atom. The van der Waals surface area contributed by atoms with Gasteiger partial charge in [-0.25, -0.2) is 4.98 Å². The van der Waals surface area contributed by atoms with Gasteiger partial charge in [-0.05, 0) is 31.8 Å². The Kier molecular flexibility index (Phi) is 3.78. The van der Waals surface area contributed by atoms with Crippen LogP contribution in [0.3, 0.4) is 0 Å². The molecule has 5 nitrogen and oxygen atoms in total. The number of nitrogens with zero attached hydrogens (tertiary/aromatic N) is 1. The first kappa shape index (κ1) is 12.1. The number of hydrogen-bond acceptors (Lipinski definition) is 4. The average molecular weight is 236 g/mol. The van der Waals surface area contributed by atoms with Gasteiger partial charge in [0.25, 0.3) is 5.56 Å². The first-order chi connectivity index (χ1) is 8.15. The molecule has 2 heterocycles. The van der Waals surface area contributed by atoms with Crippen LogP contribution < -0.4 is 16.2 Å². The fraction of sp³-hybridized carbons (Fsp3) is 0.667. The molecule has 0 spiro atoms. The van der Waals surface area contributed by atoms with Crippen LogP contribution in [0, 0.1) is 0 Å². The topological polar surface area (TPSA) is 69.8 Å². The van der Waals surface area contributed by atoms with Crippen LogP contribution in [-0.2, 0) is 0 Å². The second-order valence-electron chi connectivity index (χ2n) is 4.84. The summed E-state index contributed by atoms with van der Waals surface area (Å²) >= 11 is 0. The van der Waals surface area contributed by atoms with Crippen molar-refractivity contribution in [2.75, 3.05) is 18.4 Å². The quantitative estimate of drug-likeness (QED) is 0.734. The molecule has 0 bridgehead atoms. The maximum absolute atomic E-state index is 11.5. The van der Waals surface area contributed by atoms with Crippen molar-refractivity contribution >= 4 is 5.95 Å². The summed E-state index contributed by atoms with van der Waals surface area (Å²) in [5.41, 5.74) is 0.755. The van der Waals surface area contributed by atoms with Gasteiger partial charge in [-0.15, -0.1) is 0 Å². The van der Waals surface area contributed by atoms with Crippen LogP contribution in [-0.4, -0.2) is 29.1 Å². The van der Waals surface area contributed by atoms with Crippen LogP contribution in [0.25, 0.3) is 0 Å². The number of piperidine rings is 1. The van der Waals surface area contributed by atoms with E-state index in [1.54, 1.807) is 6.07 Å². The van der Waals surface area contributed by atoms with Gasteiger partial charge in [-0.3, -0.25) is 9.78 Å². The number of nitrogens with one attached hydrogen (secondary N) is 3. The van der Waals surface area contributed by atoms with E-state index < -0.39 is 0 Å². The highest BCUT2D eigenvalue weighted by Gasteiger charge is 2.14. The summed E-state index contributed by atoms with van der Waals surface area (Å²) in [5, 5.41) is 6.62. The summed E-state index contributed by atoms with van der Waals surface area (Å²) in [6, 6.07) is 1.97. The summed E-state index contributed by atoms with van der Waals surface area (Å²) in [7, 11) is 0. The highest BCUT2D eigenvalue weighted by molar-refractivity contribution is 5.27. The predicted octanol–water partition coefficient (Wildman–Crippen LogP) is 1.06. The van der Waals surface area contributed by atoms with E-state index >= 15 is 0 Å². The molecule has 0 aromatic carbocycles. The Morgan fingerprint density at radius 3 is 2.76 bits per heavy atom. The molecule has 0 radical (unpaired) electrons. The first-order valence-corrected chi connectivity index (χ1v) is 6.23. The van der Waals surface area contributed by atoms with Crippen LogP contribution in [0.4, 0.5) is 5.95 Å². The van der Waals surface area contributed by atoms with Crippen molar-refractivity contribution in [2.45, 2.75) is 38.6 Å². The van der Waals surface area contributed by atoms with Crippen molar-refractivity contribution in [1.29, 1.82) is 0 Å². The summed E-state index contributed by atoms with van der Waals surface area (Å²) in [5.74, 6) is 0.874. The molecular formula is C12H20N4O. The van der Waals surface area contributed by atoms with E-state index in [1.165, 1.54) is 0 Å². The van der Waals surface area contributed by atoms with E-state index in [0.717, 1.165) is 31.6 Å². The lowest BCUT2D eigenvalue weighted by atomic mass is 10.1. The minimum Gasteiger partial charge on any atom is -0.353 e. The molecule has 1 aliphatic heterocycles. The largest absolute Gasteiger partial charge is 0.353 e. The van der Waals surface area contributed by atoms with E-state index in [0.29, 0.717) is 12.0 Å². The number of aromatic amines is 1. The van der Waals surface area contributed by atoms with Crippen molar-refractivity contribution < 1.29 is 0 Å². The van der Waals surface area contributed by atoms with E-state index in [4.69, 9.17) is 0 Å². The van der Waals surface area contributed by atoms with Gasteiger partial charge in [0.1, 0.15) is 0 Å². The molecule has 1 aromatic rings. The molecule has 2 rings (SSSR count). The Balaban J connectivity index is 2.11. The second kappa shape index (κ2) is 5.31. The number of H-pyrrole nitrogens is 1. The molecule has 1 aliphatic rings. The van der Waals surface area contributed by atoms with Gasteiger partial charge in [0.15, 0.2) is 0 Å². The van der Waals surface area contributed by atoms with Crippen molar-refractivity contribution in [1.82, 2.24) is 15.3 Å². The molecule has 0 unspecified atom stereocenters. The van der Waals surface area contributed by atoms with E-state index in [2.05, 4.69) is 20.6 Å². The average Bonchev–Trinajstić information content (AvgIpc) is 2.29. The summed E-state index contributed by atoms with van der Waals surface area (Å²) in [6.07, 6.45) is 2.13. The third-order valence-electron chi connectivity index (χ3n) is 3.03. The molecule has 1 fully saturated rings. The third-order valence-corrected chi connectivity index (χ3v) is 3.03. The molecule has 5 heteroatoms. The molecule has 94 valence electrons. The van der Waals surface area contributed by atoms with E-state index in [1.807, 2.05) is 13.8 Å². The van der Waals surface area contributed by atoms with Crippen LogP contribution in [0.5, 0.6) is 0 Å². The maximum Gasteiger partial charge on any atom is 0.252 e. The minimum atomic E-state index is -0.0832. The molecule has 1 aromatic heterocycles. The predicted molar refractivity (Wildman–Crippen MR) is 68.5 cm³/mol. The normalized spacial score (nSPS) is 17.4. The minimum absolute atomic E-state index is 0.0832. The molecule has 3 N–H and O–H groups in total. The lowest BCUT2D eigenvalue weighted by Gasteiger charge is -2.24. The Hall–Kier alpha value is -1.36. The van der Waals surface area contributed by atoms with Crippen molar-refractivity contribution in [2.24, 2.45) is 0 Å². The third kappa shape index (κ3) is 3.30. The Labute approximate surface area is 101 Å². The number of anilines is 1. The van der Waals surface area contributed by atoms with Gasteiger partial charge in [0.2, 0.25) is 5.95 Å². The van der Waals surface area contributed by atoms with Crippen LogP contribution in [0.2, 0.25) is 0 Å². The molecular weight excluding hydrogens is 216 g/mol. The van der Waals surface area contributed by atoms with Crippen molar-refractivity contribution in [3.8, 4) is 0 Å². The summed E-state index contributed by atoms with van der Waals surface area (Å²) < 4.78 is 0. The first-order valence-electron chi connectivity index (χ1n) is 6.23. The van der Waals surface area contributed by atoms with Crippen LogP contribution in [0.15, 0.2) is 10.9 Å². The fourth-order valence-corrected chi connectivity index (χ4v) is 2.00. The van der Waals surface area contributed by atoms with Gasteiger partial charge in [0.05, 0.1) is 5.69 Å². The zero-order valence-corrected chi connectivity index (χ0v) is 10.4. The molecule has 0 amide bonds. The fourth-order valence-electron chi connectivity index (χ4n) is 2.00. The highest BCUT2D eigenvalue weighted by Crippen LogP contribution is 2.12. The molecule has 1 saturated heterocycles. The van der Waals surface area contributed by atoms with E-state index in [9.17, 15) is 4.79 Å². The van der Waals surface area contributed by atoms with Crippen molar-refractivity contribution in [3.63, 3.8) is 0 Å². The monoisotopic (exact) mass is 236 g/mol. The van der Waals surface area contributed by atoms with E-state index in [-0.39, 0.29) is 11.5 Å². The number of rotatable bonds is 3. The Morgan fingerprint density at radius 2 is 2.12 bits per heavy atom. The van der Waals surface area contributed by atoms with Gasteiger partial charge in [-0.1, -0.05) is 13.8 Å². The summed E-state index contributed by atoms with van der Waals surface area (Å²) in [4.78, 5) is 18.7. The zero-order chi connectivity index (χ0) is 12.3.